The number of nitrogens with zero attached hydrogens (tertiary/aromatic N) is 1. The van der Waals surface area contributed by atoms with Crippen LogP contribution in [0.3, 0.4) is 0 Å². The lowest BCUT2D eigenvalue weighted by molar-refractivity contribution is -0.0661. The Balaban J connectivity index is 1.97. The zero-order valence-electron chi connectivity index (χ0n) is 9.55. The molecule has 0 amide bonds. The predicted molar refractivity (Wildman–Crippen MR) is 60.6 cm³/mol. The SMILES string of the molecule is Cc1ccc(CN2CCCC(F)(F)C2)cc1. The summed E-state index contributed by atoms with van der Waals surface area (Å²) in [6, 6.07) is 8.08. The largest absolute Gasteiger partial charge is 0.293 e. The second kappa shape index (κ2) is 4.50. The van der Waals surface area contributed by atoms with E-state index in [4.69, 9.17) is 0 Å². The summed E-state index contributed by atoms with van der Waals surface area (Å²) < 4.78 is 26.4. The molecular weight excluding hydrogens is 208 g/mol. The monoisotopic (exact) mass is 225 g/mol. The molecule has 1 aliphatic heterocycles. The van der Waals surface area contributed by atoms with Crippen LogP contribution in [0, 0.1) is 6.92 Å². The maximum absolute atomic E-state index is 13.2. The number of aryl methyl sites for hydroxylation is 1. The minimum Gasteiger partial charge on any atom is -0.293 e. The van der Waals surface area contributed by atoms with Gasteiger partial charge in [0.15, 0.2) is 0 Å². The molecule has 1 aromatic carbocycles. The molecular formula is C13H17F2N. The second-order valence-electron chi connectivity index (χ2n) is 4.66. The van der Waals surface area contributed by atoms with Crippen molar-refractivity contribution in [3.05, 3.63) is 35.4 Å². The van der Waals surface area contributed by atoms with Crippen molar-refractivity contribution in [3.8, 4) is 0 Å². The van der Waals surface area contributed by atoms with Crippen LogP contribution in [0.5, 0.6) is 0 Å². The van der Waals surface area contributed by atoms with Crippen LogP contribution in [0.15, 0.2) is 24.3 Å². The average molecular weight is 225 g/mol. The summed E-state index contributed by atoms with van der Waals surface area (Å²) >= 11 is 0. The molecule has 0 bridgehead atoms. The Kier molecular flexibility index (Phi) is 3.24. The van der Waals surface area contributed by atoms with Crippen molar-refractivity contribution in [2.75, 3.05) is 13.1 Å². The number of rotatable bonds is 2. The van der Waals surface area contributed by atoms with Crippen molar-refractivity contribution in [1.82, 2.24) is 4.90 Å². The molecule has 1 heterocycles. The highest BCUT2D eigenvalue weighted by molar-refractivity contribution is 5.21. The molecule has 1 nitrogen and oxygen atoms in total. The Labute approximate surface area is 95.1 Å². The number of alkyl halides is 2. The lowest BCUT2D eigenvalue weighted by Gasteiger charge is -2.32. The quantitative estimate of drug-likeness (QED) is 0.747. The lowest BCUT2D eigenvalue weighted by Crippen LogP contribution is -2.41. The van der Waals surface area contributed by atoms with Gasteiger partial charge in [-0.3, -0.25) is 4.90 Å². The third-order valence-corrected chi connectivity index (χ3v) is 3.00. The molecule has 0 aliphatic carbocycles. The van der Waals surface area contributed by atoms with Crippen LogP contribution in [-0.4, -0.2) is 23.9 Å². The van der Waals surface area contributed by atoms with E-state index in [1.54, 1.807) is 0 Å². The molecule has 0 spiro atoms. The maximum Gasteiger partial charge on any atom is 0.260 e. The smallest absolute Gasteiger partial charge is 0.260 e. The number of hydrogen-bond acceptors (Lipinski definition) is 1. The van der Waals surface area contributed by atoms with Crippen LogP contribution < -0.4 is 0 Å². The van der Waals surface area contributed by atoms with Gasteiger partial charge in [0.25, 0.3) is 5.92 Å². The highest BCUT2D eigenvalue weighted by Crippen LogP contribution is 2.27. The van der Waals surface area contributed by atoms with E-state index < -0.39 is 5.92 Å². The molecule has 16 heavy (non-hydrogen) atoms. The molecule has 0 unspecified atom stereocenters. The van der Waals surface area contributed by atoms with Crippen molar-refractivity contribution in [3.63, 3.8) is 0 Å². The first-order valence-electron chi connectivity index (χ1n) is 5.71. The van der Waals surface area contributed by atoms with Gasteiger partial charge in [0.2, 0.25) is 0 Å². The van der Waals surface area contributed by atoms with Gasteiger partial charge in [0.05, 0.1) is 6.54 Å². The first-order valence-corrected chi connectivity index (χ1v) is 5.71. The van der Waals surface area contributed by atoms with Gasteiger partial charge in [0, 0.05) is 13.0 Å². The highest BCUT2D eigenvalue weighted by Gasteiger charge is 2.34. The Hall–Kier alpha value is -0.960. The molecule has 0 atom stereocenters. The Morgan fingerprint density at radius 3 is 2.56 bits per heavy atom. The normalized spacial score (nSPS) is 20.9. The standard InChI is InChI=1S/C13H17F2N/c1-11-3-5-12(6-4-11)9-16-8-2-7-13(14,15)10-16/h3-6H,2,7-10H2,1H3. The van der Waals surface area contributed by atoms with Crippen LogP contribution in [0.25, 0.3) is 0 Å². The molecule has 1 aromatic rings. The van der Waals surface area contributed by atoms with Crippen molar-refractivity contribution in [2.45, 2.75) is 32.2 Å². The molecule has 1 saturated heterocycles. The Morgan fingerprint density at radius 2 is 1.94 bits per heavy atom. The zero-order valence-corrected chi connectivity index (χ0v) is 9.55. The molecule has 0 radical (unpaired) electrons. The number of likely N-dealkylation sites (tertiary alicyclic amines) is 1. The van der Waals surface area contributed by atoms with Gasteiger partial charge >= 0.3 is 0 Å². The van der Waals surface area contributed by atoms with Crippen LogP contribution in [0.1, 0.15) is 24.0 Å². The zero-order chi connectivity index (χ0) is 11.6. The maximum atomic E-state index is 13.2. The van der Waals surface area contributed by atoms with Gasteiger partial charge in [-0.05, 0) is 25.5 Å². The Bertz CT molecular complexity index is 345. The average Bonchev–Trinajstić information content (AvgIpc) is 2.20. The second-order valence-corrected chi connectivity index (χ2v) is 4.66. The molecule has 1 aliphatic rings. The molecule has 0 aromatic heterocycles. The van der Waals surface area contributed by atoms with Crippen LogP contribution in [-0.2, 0) is 6.54 Å². The molecule has 0 saturated carbocycles. The van der Waals surface area contributed by atoms with Crippen LogP contribution >= 0.6 is 0 Å². The summed E-state index contributed by atoms with van der Waals surface area (Å²) in [7, 11) is 0. The summed E-state index contributed by atoms with van der Waals surface area (Å²) in [4.78, 5) is 1.84. The molecule has 88 valence electrons. The number of piperidine rings is 1. The topological polar surface area (TPSA) is 3.24 Å². The lowest BCUT2D eigenvalue weighted by atomic mass is 10.1. The molecule has 0 N–H and O–H groups in total. The van der Waals surface area contributed by atoms with Crippen LogP contribution in [0.2, 0.25) is 0 Å². The number of halogens is 2. The fraction of sp³-hybridized carbons (Fsp3) is 0.538. The third kappa shape index (κ3) is 3.01. The molecule has 2 rings (SSSR count). The first kappa shape index (κ1) is 11.5. The summed E-state index contributed by atoms with van der Waals surface area (Å²) in [5, 5.41) is 0. The van der Waals surface area contributed by atoms with E-state index >= 15 is 0 Å². The fourth-order valence-corrected chi connectivity index (χ4v) is 2.13. The van der Waals surface area contributed by atoms with Gasteiger partial charge in [-0.2, -0.15) is 0 Å². The van der Waals surface area contributed by atoms with E-state index in [0.717, 1.165) is 12.1 Å². The van der Waals surface area contributed by atoms with E-state index in [-0.39, 0.29) is 13.0 Å². The van der Waals surface area contributed by atoms with E-state index in [1.807, 2.05) is 36.1 Å². The summed E-state index contributed by atoms with van der Waals surface area (Å²) in [6.07, 6.45) is 0.635. The van der Waals surface area contributed by atoms with Crippen molar-refractivity contribution in [1.29, 1.82) is 0 Å². The summed E-state index contributed by atoms with van der Waals surface area (Å²) in [5.41, 5.74) is 2.32. The third-order valence-electron chi connectivity index (χ3n) is 3.00. The number of hydrogen-bond donors (Lipinski definition) is 0. The Morgan fingerprint density at radius 1 is 1.25 bits per heavy atom. The van der Waals surface area contributed by atoms with Gasteiger partial charge in [-0.15, -0.1) is 0 Å². The van der Waals surface area contributed by atoms with Gasteiger partial charge in [-0.1, -0.05) is 29.8 Å². The van der Waals surface area contributed by atoms with Crippen molar-refractivity contribution >= 4 is 0 Å². The van der Waals surface area contributed by atoms with Gasteiger partial charge < -0.3 is 0 Å². The number of benzene rings is 1. The van der Waals surface area contributed by atoms with Crippen molar-refractivity contribution < 1.29 is 8.78 Å². The predicted octanol–water partition coefficient (Wildman–Crippen LogP) is 3.23. The molecule has 1 fully saturated rings. The summed E-state index contributed by atoms with van der Waals surface area (Å²) in [5.74, 6) is -2.50. The van der Waals surface area contributed by atoms with Gasteiger partial charge in [0.1, 0.15) is 0 Å². The highest BCUT2D eigenvalue weighted by atomic mass is 19.3. The first-order chi connectivity index (χ1) is 7.55. The van der Waals surface area contributed by atoms with E-state index in [2.05, 4.69) is 0 Å². The minimum absolute atomic E-state index is 0.0391. The van der Waals surface area contributed by atoms with Crippen molar-refractivity contribution in [2.24, 2.45) is 0 Å². The van der Waals surface area contributed by atoms with Crippen LogP contribution in [0.4, 0.5) is 8.78 Å². The van der Waals surface area contributed by atoms with Gasteiger partial charge in [-0.25, -0.2) is 8.78 Å². The summed E-state index contributed by atoms with van der Waals surface area (Å²) in [6.45, 7) is 3.35. The van der Waals surface area contributed by atoms with E-state index in [0.29, 0.717) is 13.0 Å². The van der Waals surface area contributed by atoms with E-state index in [1.165, 1.54) is 5.56 Å². The van der Waals surface area contributed by atoms with E-state index in [9.17, 15) is 8.78 Å². The minimum atomic E-state index is -2.50. The fourth-order valence-electron chi connectivity index (χ4n) is 2.13. The molecule has 3 heteroatoms.